The Morgan fingerprint density at radius 3 is 2.79 bits per heavy atom. The van der Waals surface area contributed by atoms with E-state index < -0.39 is 0 Å². The van der Waals surface area contributed by atoms with Crippen LogP contribution in [0.3, 0.4) is 0 Å². The fourth-order valence-electron chi connectivity index (χ4n) is 1.92. The molecule has 0 spiro atoms. The van der Waals surface area contributed by atoms with Gasteiger partial charge in [-0.15, -0.1) is 0 Å². The summed E-state index contributed by atoms with van der Waals surface area (Å²) in [4.78, 5) is 7.69. The number of halogens is 2. The number of hydrogen-bond donors (Lipinski definition) is 1. The molecule has 19 heavy (non-hydrogen) atoms. The fourth-order valence-corrected chi connectivity index (χ4v) is 2.46. The lowest BCUT2D eigenvalue weighted by atomic mass is 10.2. The quantitative estimate of drug-likeness (QED) is 0.770. The van der Waals surface area contributed by atoms with E-state index in [1.54, 1.807) is 13.2 Å². The first-order valence-electron chi connectivity index (χ1n) is 5.66. The molecule has 0 saturated heterocycles. The number of benzene rings is 2. The van der Waals surface area contributed by atoms with Crippen molar-refractivity contribution in [2.45, 2.75) is 0 Å². The first-order valence-corrected chi connectivity index (χ1v) is 6.46. The third kappa shape index (κ3) is 2.21. The lowest BCUT2D eigenvalue weighted by molar-refractivity contribution is 0.415. The molecule has 96 valence electrons. The van der Waals surface area contributed by atoms with Crippen molar-refractivity contribution < 1.29 is 9.13 Å². The molecule has 3 aromatic rings. The lowest BCUT2D eigenvalue weighted by Crippen LogP contribution is -1.83. The molecule has 3 rings (SSSR count). The SMILES string of the molecule is COc1ccc2nc(-c3ccc(F)cc3Br)[nH]c2c1. The zero-order valence-corrected chi connectivity index (χ0v) is 11.7. The molecule has 0 aliphatic heterocycles. The predicted octanol–water partition coefficient (Wildman–Crippen LogP) is 4.14. The van der Waals surface area contributed by atoms with Crippen molar-refractivity contribution in [1.29, 1.82) is 0 Å². The van der Waals surface area contributed by atoms with Crippen molar-refractivity contribution in [2.75, 3.05) is 7.11 Å². The molecule has 0 fully saturated rings. The Morgan fingerprint density at radius 1 is 1.21 bits per heavy atom. The number of aromatic amines is 1. The van der Waals surface area contributed by atoms with Gasteiger partial charge in [0.15, 0.2) is 0 Å². The number of rotatable bonds is 2. The summed E-state index contributed by atoms with van der Waals surface area (Å²) < 4.78 is 18.9. The molecule has 0 atom stereocenters. The fraction of sp³-hybridized carbons (Fsp3) is 0.0714. The molecule has 0 aliphatic carbocycles. The summed E-state index contributed by atoms with van der Waals surface area (Å²) in [6.45, 7) is 0. The zero-order chi connectivity index (χ0) is 13.4. The molecule has 1 N–H and O–H groups in total. The molecule has 0 amide bonds. The largest absolute Gasteiger partial charge is 0.497 e. The van der Waals surface area contributed by atoms with E-state index in [1.807, 2.05) is 18.2 Å². The zero-order valence-electron chi connectivity index (χ0n) is 10.1. The minimum atomic E-state index is -0.284. The highest BCUT2D eigenvalue weighted by Gasteiger charge is 2.10. The second-order valence-corrected chi connectivity index (χ2v) is 4.95. The summed E-state index contributed by atoms with van der Waals surface area (Å²) in [5.74, 6) is 1.17. The Balaban J connectivity index is 2.14. The molecule has 5 heteroatoms. The van der Waals surface area contributed by atoms with Gasteiger partial charge >= 0.3 is 0 Å². The van der Waals surface area contributed by atoms with Gasteiger partial charge in [0.05, 0.1) is 18.1 Å². The number of methoxy groups -OCH3 is 1. The Morgan fingerprint density at radius 2 is 2.05 bits per heavy atom. The predicted molar refractivity (Wildman–Crippen MR) is 75.7 cm³/mol. The highest BCUT2D eigenvalue weighted by atomic mass is 79.9. The molecular weight excluding hydrogens is 311 g/mol. The number of aromatic nitrogens is 2. The number of ether oxygens (including phenoxy) is 1. The van der Waals surface area contributed by atoms with Crippen molar-refractivity contribution in [3.05, 3.63) is 46.7 Å². The third-order valence-corrected chi connectivity index (χ3v) is 3.53. The molecule has 0 bridgehead atoms. The topological polar surface area (TPSA) is 37.9 Å². The van der Waals surface area contributed by atoms with E-state index in [-0.39, 0.29) is 5.82 Å². The molecule has 0 saturated carbocycles. The van der Waals surface area contributed by atoms with Crippen molar-refractivity contribution in [3.63, 3.8) is 0 Å². The number of nitrogens with zero attached hydrogens (tertiary/aromatic N) is 1. The van der Waals surface area contributed by atoms with Gasteiger partial charge in [-0.1, -0.05) is 0 Å². The summed E-state index contributed by atoms with van der Waals surface area (Å²) in [7, 11) is 1.62. The minimum Gasteiger partial charge on any atom is -0.497 e. The van der Waals surface area contributed by atoms with Gasteiger partial charge in [-0.25, -0.2) is 9.37 Å². The maximum absolute atomic E-state index is 13.1. The van der Waals surface area contributed by atoms with Gasteiger partial charge in [0.25, 0.3) is 0 Å². The normalized spacial score (nSPS) is 10.9. The van der Waals surface area contributed by atoms with E-state index in [0.717, 1.165) is 22.3 Å². The Hall–Kier alpha value is -1.88. The lowest BCUT2D eigenvalue weighted by Gasteiger charge is -2.00. The van der Waals surface area contributed by atoms with Crippen LogP contribution >= 0.6 is 15.9 Å². The van der Waals surface area contributed by atoms with Crippen LogP contribution in [-0.4, -0.2) is 17.1 Å². The summed E-state index contributed by atoms with van der Waals surface area (Å²) >= 11 is 3.34. The van der Waals surface area contributed by atoms with Crippen molar-refractivity contribution >= 4 is 27.0 Å². The van der Waals surface area contributed by atoms with E-state index in [9.17, 15) is 4.39 Å². The Kier molecular flexibility index (Phi) is 2.98. The highest BCUT2D eigenvalue weighted by molar-refractivity contribution is 9.10. The second kappa shape index (κ2) is 4.66. The maximum atomic E-state index is 13.1. The maximum Gasteiger partial charge on any atom is 0.139 e. The van der Waals surface area contributed by atoms with Crippen LogP contribution in [0.15, 0.2) is 40.9 Å². The molecule has 0 aliphatic rings. The van der Waals surface area contributed by atoms with E-state index in [1.165, 1.54) is 12.1 Å². The summed E-state index contributed by atoms with van der Waals surface area (Å²) in [5, 5.41) is 0. The first-order chi connectivity index (χ1) is 9.17. The average molecular weight is 321 g/mol. The van der Waals surface area contributed by atoms with Crippen LogP contribution in [0.5, 0.6) is 5.75 Å². The number of imidazole rings is 1. The van der Waals surface area contributed by atoms with Crippen LogP contribution in [0.1, 0.15) is 0 Å². The molecule has 3 nitrogen and oxygen atoms in total. The summed E-state index contributed by atoms with van der Waals surface area (Å²) in [6.07, 6.45) is 0. The van der Waals surface area contributed by atoms with E-state index in [2.05, 4.69) is 25.9 Å². The van der Waals surface area contributed by atoms with Gasteiger partial charge in [-0.3, -0.25) is 0 Å². The Bertz CT molecular complexity index is 754. The van der Waals surface area contributed by atoms with Crippen molar-refractivity contribution in [2.24, 2.45) is 0 Å². The van der Waals surface area contributed by atoms with Gasteiger partial charge in [0, 0.05) is 16.1 Å². The van der Waals surface area contributed by atoms with Crippen molar-refractivity contribution in [1.82, 2.24) is 9.97 Å². The number of nitrogens with one attached hydrogen (secondary N) is 1. The standard InChI is InChI=1S/C14H10BrFN2O/c1-19-9-3-5-12-13(7-9)18-14(17-12)10-4-2-8(16)6-11(10)15/h2-7H,1H3,(H,17,18). The number of hydrogen-bond acceptors (Lipinski definition) is 2. The molecule has 1 aromatic heterocycles. The van der Waals surface area contributed by atoms with Crippen LogP contribution in [0.4, 0.5) is 4.39 Å². The first kappa shape index (κ1) is 12.2. The van der Waals surface area contributed by atoms with Crippen LogP contribution in [0.2, 0.25) is 0 Å². The van der Waals surface area contributed by atoms with Crippen LogP contribution in [0.25, 0.3) is 22.4 Å². The Labute approximate surface area is 117 Å². The molecular formula is C14H10BrFN2O. The van der Waals surface area contributed by atoms with E-state index in [0.29, 0.717) is 10.3 Å². The van der Waals surface area contributed by atoms with Gasteiger partial charge < -0.3 is 9.72 Å². The molecule has 2 aromatic carbocycles. The van der Waals surface area contributed by atoms with Gasteiger partial charge in [0.2, 0.25) is 0 Å². The second-order valence-electron chi connectivity index (χ2n) is 4.09. The summed E-state index contributed by atoms with van der Waals surface area (Å²) in [5.41, 5.74) is 2.54. The third-order valence-electron chi connectivity index (χ3n) is 2.88. The van der Waals surface area contributed by atoms with Gasteiger partial charge in [-0.2, -0.15) is 0 Å². The molecule has 0 radical (unpaired) electrons. The molecule has 1 heterocycles. The van der Waals surface area contributed by atoms with Crippen LogP contribution < -0.4 is 4.74 Å². The smallest absolute Gasteiger partial charge is 0.139 e. The van der Waals surface area contributed by atoms with Crippen LogP contribution in [0, 0.1) is 5.82 Å². The molecule has 0 unspecified atom stereocenters. The average Bonchev–Trinajstić information content (AvgIpc) is 2.80. The van der Waals surface area contributed by atoms with E-state index >= 15 is 0 Å². The van der Waals surface area contributed by atoms with Gasteiger partial charge in [-0.05, 0) is 46.3 Å². The highest BCUT2D eigenvalue weighted by Crippen LogP contribution is 2.29. The monoisotopic (exact) mass is 320 g/mol. The van der Waals surface area contributed by atoms with Crippen LogP contribution in [-0.2, 0) is 0 Å². The van der Waals surface area contributed by atoms with E-state index in [4.69, 9.17) is 4.74 Å². The number of fused-ring (bicyclic) bond motifs is 1. The number of H-pyrrole nitrogens is 1. The minimum absolute atomic E-state index is 0.284. The summed E-state index contributed by atoms with van der Waals surface area (Å²) in [6, 6.07) is 10.1. The van der Waals surface area contributed by atoms with Gasteiger partial charge in [0.1, 0.15) is 17.4 Å². The van der Waals surface area contributed by atoms with Crippen molar-refractivity contribution in [3.8, 4) is 17.1 Å².